The van der Waals surface area contributed by atoms with E-state index in [0.717, 1.165) is 17.9 Å². The van der Waals surface area contributed by atoms with Crippen LogP contribution in [0.25, 0.3) is 0 Å². The molecule has 0 spiro atoms. The quantitative estimate of drug-likeness (QED) is 0.810. The average molecular weight is 207 g/mol. The number of nitrogens with two attached hydrogens (primary N) is 1. The topological polar surface area (TPSA) is 43.8 Å². The van der Waals surface area contributed by atoms with Gasteiger partial charge in [0.05, 0.1) is 17.6 Å². The second-order valence-electron chi connectivity index (χ2n) is 5.21. The molecule has 0 aromatic carbocycles. The van der Waals surface area contributed by atoms with Gasteiger partial charge in [0.15, 0.2) is 0 Å². The minimum absolute atomic E-state index is 0.432. The molecule has 2 N–H and O–H groups in total. The van der Waals surface area contributed by atoms with E-state index in [0.29, 0.717) is 5.41 Å². The van der Waals surface area contributed by atoms with Crippen molar-refractivity contribution in [3.63, 3.8) is 0 Å². The number of hydrogen-bond acceptors (Lipinski definition) is 2. The largest absolute Gasteiger partial charge is 0.396 e. The van der Waals surface area contributed by atoms with Gasteiger partial charge in [-0.15, -0.1) is 0 Å². The van der Waals surface area contributed by atoms with Gasteiger partial charge in [-0.25, -0.2) is 0 Å². The van der Waals surface area contributed by atoms with Crippen molar-refractivity contribution in [2.75, 3.05) is 5.73 Å². The molecule has 1 aliphatic rings. The molecule has 1 aromatic rings. The average Bonchev–Trinajstić information content (AvgIpc) is 2.50. The summed E-state index contributed by atoms with van der Waals surface area (Å²) in [6.07, 6.45) is 8.55. The Morgan fingerprint density at radius 2 is 2.07 bits per heavy atom. The molecule has 0 unspecified atom stereocenters. The van der Waals surface area contributed by atoms with E-state index >= 15 is 0 Å². The molecule has 0 amide bonds. The van der Waals surface area contributed by atoms with Crippen LogP contribution in [0.4, 0.5) is 5.69 Å². The number of rotatable bonds is 2. The van der Waals surface area contributed by atoms with Gasteiger partial charge in [0.25, 0.3) is 0 Å². The second-order valence-corrected chi connectivity index (χ2v) is 5.21. The molecule has 3 heteroatoms. The predicted molar refractivity (Wildman–Crippen MR) is 62.6 cm³/mol. The predicted octanol–water partition coefficient (Wildman–Crippen LogP) is 2.74. The second kappa shape index (κ2) is 3.87. The number of anilines is 1. The minimum atomic E-state index is 0.432. The Bertz CT molecular complexity index is 335. The summed E-state index contributed by atoms with van der Waals surface area (Å²) < 4.78 is 2.07. The van der Waals surface area contributed by atoms with Gasteiger partial charge in [-0.3, -0.25) is 4.68 Å². The number of nitrogen functional groups attached to an aromatic ring is 1. The number of aromatic nitrogens is 2. The monoisotopic (exact) mass is 207 g/mol. The highest BCUT2D eigenvalue weighted by atomic mass is 15.3. The lowest BCUT2D eigenvalue weighted by atomic mass is 9.76. The van der Waals surface area contributed by atoms with Gasteiger partial charge in [-0.1, -0.05) is 26.2 Å². The molecular formula is C12H21N3. The zero-order chi connectivity index (χ0) is 10.9. The Morgan fingerprint density at radius 3 is 2.60 bits per heavy atom. The molecule has 0 saturated heterocycles. The van der Waals surface area contributed by atoms with E-state index in [2.05, 4.69) is 23.6 Å². The van der Waals surface area contributed by atoms with Crippen LogP contribution in [0.2, 0.25) is 0 Å². The van der Waals surface area contributed by atoms with Crippen LogP contribution in [0.15, 0.2) is 6.20 Å². The normalized spacial score (nSPS) is 20.4. The Labute approximate surface area is 91.7 Å². The van der Waals surface area contributed by atoms with Gasteiger partial charge >= 0.3 is 0 Å². The lowest BCUT2D eigenvalue weighted by Crippen LogP contribution is -2.27. The van der Waals surface area contributed by atoms with Crippen LogP contribution < -0.4 is 5.73 Å². The molecule has 0 bridgehead atoms. The van der Waals surface area contributed by atoms with Gasteiger partial charge in [0.2, 0.25) is 0 Å². The number of nitrogens with zero attached hydrogens (tertiary/aromatic N) is 2. The van der Waals surface area contributed by atoms with Crippen LogP contribution in [0, 0.1) is 12.3 Å². The molecule has 0 radical (unpaired) electrons. The van der Waals surface area contributed by atoms with E-state index in [1.165, 1.54) is 32.1 Å². The van der Waals surface area contributed by atoms with Crippen molar-refractivity contribution < 1.29 is 0 Å². The summed E-state index contributed by atoms with van der Waals surface area (Å²) in [4.78, 5) is 0. The maximum atomic E-state index is 5.81. The van der Waals surface area contributed by atoms with Crippen LogP contribution in [0.1, 0.15) is 44.7 Å². The van der Waals surface area contributed by atoms with E-state index in [4.69, 9.17) is 5.73 Å². The molecule has 1 aliphatic carbocycles. The first kappa shape index (κ1) is 10.5. The molecule has 1 aromatic heterocycles. The zero-order valence-electron chi connectivity index (χ0n) is 9.79. The van der Waals surface area contributed by atoms with Crippen molar-refractivity contribution >= 4 is 5.69 Å². The fraction of sp³-hybridized carbons (Fsp3) is 0.750. The fourth-order valence-corrected chi connectivity index (χ4v) is 2.55. The molecule has 1 heterocycles. The van der Waals surface area contributed by atoms with Crippen molar-refractivity contribution in [2.45, 2.75) is 52.5 Å². The summed E-state index contributed by atoms with van der Waals surface area (Å²) in [6.45, 7) is 5.45. The molecule has 84 valence electrons. The van der Waals surface area contributed by atoms with E-state index in [9.17, 15) is 0 Å². The third kappa shape index (κ3) is 2.16. The molecule has 15 heavy (non-hydrogen) atoms. The third-order valence-electron chi connectivity index (χ3n) is 3.73. The lowest BCUT2D eigenvalue weighted by Gasteiger charge is -2.33. The van der Waals surface area contributed by atoms with Crippen molar-refractivity contribution in [1.82, 2.24) is 9.78 Å². The van der Waals surface area contributed by atoms with Crippen molar-refractivity contribution in [3.05, 3.63) is 11.9 Å². The standard InChI is InChI=1S/C12H21N3/c1-10-11(13)8-14-15(10)9-12(2)6-4-3-5-7-12/h8H,3-7,9,13H2,1-2H3. The van der Waals surface area contributed by atoms with E-state index < -0.39 is 0 Å². The third-order valence-corrected chi connectivity index (χ3v) is 3.73. The first-order valence-electron chi connectivity index (χ1n) is 5.89. The fourth-order valence-electron chi connectivity index (χ4n) is 2.55. The molecule has 0 aliphatic heterocycles. The molecule has 0 atom stereocenters. The van der Waals surface area contributed by atoms with Crippen molar-refractivity contribution in [2.24, 2.45) is 5.41 Å². The van der Waals surface area contributed by atoms with Crippen LogP contribution in [-0.2, 0) is 6.54 Å². The Balaban J connectivity index is 2.10. The number of hydrogen-bond donors (Lipinski definition) is 1. The summed E-state index contributed by atoms with van der Waals surface area (Å²) >= 11 is 0. The molecule has 3 nitrogen and oxygen atoms in total. The Morgan fingerprint density at radius 1 is 1.40 bits per heavy atom. The summed E-state index contributed by atoms with van der Waals surface area (Å²) in [5.41, 5.74) is 8.16. The van der Waals surface area contributed by atoms with E-state index in [1.54, 1.807) is 6.20 Å². The molecule has 1 saturated carbocycles. The van der Waals surface area contributed by atoms with Gasteiger partial charge in [0, 0.05) is 6.54 Å². The van der Waals surface area contributed by atoms with E-state index in [-0.39, 0.29) is 0 Å². The molecular weight excluding hydrogens is 186 g/mol. The summed E-state index contributed by atoms with van der Waals surface area (Å²) in [5, 5.41) is 4.35. The van der Waals surface area contributed by atoms with Gasteiger partial charge in [-0.2, -0.15) is 5.10 Å². The SMILES string of the molecule is Cc1c(N)cnn1CC1(C)CCCCC1. The van der Waals surface area contributed by atoms with E-state index in [1.807, 2.05) is 0 Å². The van der Waals surface area contributed by atoms with Gasteiger partial charge < -0.3 is 5.73 Å². The minimum Gasteiger partial charge on any atom is -0.396 e. The first-order chi connectivity index (χ1) is 7.11. The van der Waals surface area contributed by atoms with Crippen LogP contribution in [-0.4, -0.2) is 9.78 Å². The van der Waals surface area contributed by atoms with Crippen molar-refractivity contribution in [3.8, 4) is 0 Å². The van der Waals surface area contributed by atoms with Gasteiger partial charge in [-0.05, 0) is 25.2 Å². The Kier molecular flexibility index (Phi) is 2.72. The first-order valence-corrected chi connectivity index (χ1v) is 5.89. The highest BCUT2D eigenvalue weighted by Gasteiger charge is 2.28. The summed E-state index contributed by atoms with van der Waals surface area (Å²) in [5.74, 6) is 0. The van der Waals surface area contributed by atoms with Gasteiger partial charge in [0.1, 0.15) is 0 Å². The van der Waals surface area contributed by atoms with Crippen LogP contribution in [0.3, 0.4) is 0 Å². The molecule has 2 rings (SSSR count). The van der Waals surface area contributed by atoms with Crippen LogP contribution in [0.5, 0.6) is 0 Å². The van der Waals surface area contributed by atoms with Crippen LogP contribution >= 0.6 is 0 Å². The van der Waals surface area contributed by atoms with Crippen molar-refractivity contribution in [1.29, 1.82) is 0 Å². The highest BCUT2D eigenvalue weighted by molar-refractivity contribution is 5.39. The maximum Gasteiger partial charge on any atom is 0.0730 e. The zero-order valence-corrected chi connectivity index (χ0v) is 9.79. The summed E-state index contributed by atoms with van der Waals surface area (Å²) in [6, 6.07) is 0. The molecule has 1 fully saturated rings. The summed E-state index contributed by atoms with van der Waals surface area (Å²) in [7, 11) is 0. The Hall–Kier alpha value is -0.990. The lowest BCUT2D eigenvalue weighted by molar-refractivity contribution is 0.174. The maximum absolute atomic E-state index is 5.81. The highest BCUT2D eigenvalue weighted by Crippen LogP contribution is 2.37. The smallest absolute Gasteiger partial charge is 0.0730 e.